The highest BCUT2D eigenvalue weighted by atomic mass is 35.5. The van der Waals surface area contributed by atoms with Crippen LogP contribution in [0.15, 0.2) is 29.1 Å². The van der Waals surface area contributed by atoms with Crippen molar-refractivity contribution in [2.75, 3.05) is 6.54 Å². The van der Waals surface area contributed by atoms with Crippen LogP contribution in [0.4, 0.5) is 0 Å². The number of carbonyl (C=O) groups is 1. The summed E-state index contributed by atoms with van der Waals surface area (Å²) in [5.74, 6) is 0.00990. The largest absolute Gasteiger partial charge is 0.506 e. The van der Waals surface area contributed by atoms with Crippen LogP contribution in [-0.2, 0) is 0 Å². The molecule has 3 heterocycles. The molecule has 2 N–H and O–H groups in total. The third kappa shape index (κ3) is 3.35. The van der Waals surface area contributed by atoms with Crippen LogP contribution in [0.5, 0.6) is 5.75 Å². The summed E-state index contributed by atoms with van der Waals surface area (Å²) in [6.45, 7) is 7.11. The average Bonchev–Trinajstić information content (AvgIpc) is 2.67. The van der Waals surface area contributed by atoms with Crippen LogP contribution >= 0.6 is 12.4 Å². The minimum atomic E-state index is -0.428. The van der Waals surface area contributed by atoms with Gasteiger partial charge < -0.3 is 15.0 Å². The van der Waals surface area contributed by atoms with E-state index in [0.29, 0.717) is 28.9 Å². The van der Waals surface area contributed by atoms with E-state index >= 15 is 0 Å². The number of rotatable bonds is 4. The quantitative estimate of drug-likeness (QED) is 0.749. The van der Waals surface area contributed by atoms with Gasteiger partial charge in [-0.25, -0.2) is 0 Å². The van der Waals surface area contributed by atoms with Gasteiger partial charge in [-0.15, -0.1) is 12.4 Å². The van der Waals surface area contributed by atoms with E-state index in [1.165, 1.54) is 12.8 Å². The lowest BCUT2D eigenvalue weighted by atomic mass is 9.59. The van der Waals surface area contributed by atoms with Gasteiger partial charge in [-0.05, 0) is 70.5 Å². The van der Waals surface area contributed by atoms with Gasteiger partial charge in [-0.3, -0.25) is 14.5 Å². The van der Waals surface area contributed by atoms with Gasteiger partial charge in [-0.1, -0.05) is 19.1 Å². The first-order valence-corrected chi connectivity index (χ1v) is 11.3. The van der Waals surface area contributed by atoms with Crippen LogP contribution in [0.25, 0.3) is 10.9 Å². The number of nitrogens with one attached hydrogen (secondary N) is 1. The maximum atomic E-state index is 13.4. The van der Waals surface area contributed by atoms with Gasteiger partial charge in [-0.2, -0.15) is 0 Å². The first-order chi connectivity index (χ1) is 14.3. The number of fused-ring (bicyclic) bond motifs is 1. The lowest BCUT2D eigenvalue weighted by Crippen LogP contribution is -2.69. The summed E-state index contributed by atoms with van der Waals surface area (Å²) in [6, 6.07) is 8.15. The van der Waals surface area contributed by atoms with Crippen molar-refractivity contribution in [1.29, 1.82) is 0 Å². The molecule has 4 fully saturated rings. The Morgan fingerprint density at radius 3 is 2.45 bits per heavy atom. The highest BCUT2D eigenvalue weighted by Gasteiger charge is 2.54. The van der Waals surface area contributed by atoms with Crippen LogP contribution in [0.3, 0.4) is 0 Å². The molecule has 2 atom stereocenters. The molecule has 4 aliphatic rings. The van der Waals surface area contributed by atoms with Gasteiger partial charge in [0.1, 0.15) is 11.3 Å². The molecule has 0 spiro atoms. The average molecular weight is 446 g/mol. The fourth-order valence-electron chi connectivity index (χ4n) is 6.75. The van der Waals surface area contributed by atoms with Crippen LogP contribution < -0.4 is 10.9 Å². The number of nitrogens with zero attached hydrogens (tertiary/aromatic N) is 2. The molecular formula is C24H32ClN3O3. The molecule has 2 aromatic rings. The Balaban J connectivity index is 0.00000231. The summed E-state index contributed by atoms with van der Waals surface area (Å²) in [5.41, 5.74) is -0.143. The van der Waals surface area contributed by atoms with Crippen molar-refractivity contribution in [2.24, 2.45) is 5.92 Å². The molecule has 0 radical (unpaired) electrons. The van der Waals surface area contributed by atoms with E-state index < -0.39 is 11.5 Å². The van der Waals surface area contributed by atoms with Crippen LogP contribution in [-0.4, -0.2) is 44.6 Å². The number of amides is 1. The predicted molar refractivity (Wildman–Crippen MR) is 124 cm³/mol. The molecule has 1 aromatic heterocycles. The molecule has 1 aromatic carbocycles. The minimum absolute atomic E-state index is 0. The van der Waals surface area contributed by atoms with E-state index in [0.717, 1.165) is 25.8 Å². The number of para-hydroxylation sites is 1. The van der Waals surface area contributed by atoms with E-state index in [-0.39, 0.29) is 35.3 Å². The van der Waals surface area contributed by atoms with Crippen molar-refractivity contribution < 1.29 is 9.90 Å². The Morgan fingerprint density at radius 1 is 1.19 bits per heavy atom. The number of hydrogen-bond donors (Lipinski definition) is 2. The lowest BCUT2D eigenvalue weighted by Gasteiger charge is -2.61. The molecule has 2 saturated carbocycles. The van der Waals surface area contributed by atoms with Crippen LogP contribution in [0, 0.1) is 5.92 Å². The molecule has 6 nitrogen and oxygen atoms in total. The molecule has 31 heavy (non-hydrogen) atoms. The second-order valence-corrected chi connectivity index (χ2v) is 9.83. The van der Waals surface area contributed by atoms with Crippen molar-refractivity contribution in [2.45, 2.75) is 76.5 Å². The zero-order chi connectivity index (χ0) is 21.2. The van der Waals surface area contributed by atoms with Gasteiger partial charge >= 0.3 is 0 Å². The molecule has 2 aliphatic heterocycles. The van der Waals surface area contributed by atoms with Crippen molar-refractivity contribution >= 4 is 29.2 Å². The van der Waals surface area contributed by atoms with E-state index in [4.69, 9.17) is 0 Å². The first kappa shape index (κ1) is 22.2. The summed E-state index contributed by atoms with van der Waals surface area (Å²) in [6.07, 6.45) is 5.28. The van der Waals surface area contributed by atoms with Gasteiger partial charge in [0.25, 0.3) is 11.5 Å². The van der Waals surface area contributed by atoms with Gasteiger partial charge in [0.2, 0.25) is 0 Å². The summed E-state index contributed by atoms with van der Waals surface area (Å²) in [7, 11) is 0. The highest BCUT2D eigenvalue weighted by molar-refractivity contribution is 6.02. The maximum absolute atomic E-state index is 13.4. The molecule has 2 aliphatic carbocycles. The number of carbonyl (C=O) groups excluding carboxylic acids is 1. The number of piperidine rings is 2. The molecule has 6 rings (SSSR count). The SMILES string of the molecule is CCN1C2CC3CC1CC(NC(=O)c1c(O)c4ccccc4n(C(C)C)c1=O)(C3)C2.Cl. The Hall–Kier alpha value is -2.05. The van der Waals surface area contributed by atoms with Crippen molar-refractivity contribution in [3.63, 3.8) is 0 Å². The fourth-order valence-corrected chi connectivity index (χ4v) is 6.75. The van der Waals surface area contributed by atoms with Crippen LogP contribution in [0.1, 0.15) is 69.3 Å². The highest BCUT2D eigenvalue weighted by Crippen LogP contribution is 2.51. The number of benzene rings is 1. The standard InChI is InChI=1S/C24H31N3O3.ClH/c1-4-26-16-9-15-10-17(26)13-24(11-15,12-16)25-22(29)20-21(28)18-7-5-6-8-19(18)27(14(2)3)23(20)30;/h5-8,14-17,28H,4,9-13H2,1-3H3,(H,25,29);1H. The van der Waals surface area contributed by atoms with Crippen molar-refractivity contribution in [1.82, 2.24) is 14.8 Å². The molecule has 2 saturated heterocycles. The Bertz CT molecular complexity index is 1060. The summed E-state index contributed by atoms with van der Waals surface area (Å²) in [4.78, 5) is 29.3. The number of aromatic hydroxyl groups is 1. The molecule has 2 unspecified atom stereocenters. The number of halogens is 1. The number of aromatic nitrogens is 1. The van der Waals surface area contributed by atoms with E-state index in [9.17, 15) is 14.7 Å². The van der Waals surface area contributed by atoms with Gasteiger partial charge in [0, 0.05) is 29.1 Å². The Morgan fingerprint density at radius 2 is 1.84 bits per heavy atom. The van der Waals surface area contributed by atoms with E-state index in [1.54, 1.807) is 10.6 Å². The molecular weight excluding hydrogens is 414 g/mol. The van der Waals surface area contributed by atoms with Gasteiger partial charge in [0.05, 0.1) is 5.52 Å². The third-order valence-corrected chi connectivity index (χ3v) is 7.66. The second-order valence-electron chi connectivity index (χ2n) is 9.83. The number of pyridine rings is 1. The normalized spacial score (nSPS) is 29.4. The zero-order valence-corrected chi connectivity index (χ0v) is 19.2. The minimum Gasteiger partial charge on any atom is -0.506 e. The fraction of sp³-hybridized carbons (Fsp3) is 0.583. The summed E-state index contributed by atoms with van der Waals surface area (Å²) >= 11 is 0. The summed E-state index contributed by atoms with van der Waals surface area (Å²) in [5, 5.41) is 14.7. The zero-order valence-electron chi connectivity index (χ0n) is 18.4. The summed E-state index contributed by atoms with van der Waals surface area (Å²) < 4.78 is 1.61. The van der Waals surface area contributed by atoms with Gasteiger partial charge in [0.15, 0.2) is 0 Å². The molecule has 168 valence electrons. The molecule has 1 amide bonds. The van der Waals surface area contributed by atoms with Crippen molar-refractivity contribution in [3.05, 3.63) is 40.2 Å². The third-order valence-electron chi connectivity index (χ3n) is 7.66. The van der Waals surface area contributed by atoms with E-state index in [1.807, 2.05) is 32.0 Å². The predicted octanol–water partition coefficient (Wildman–Crippen LogP) is 3.85. The van der Waals surface area contributed by atoms with E-state index in [2.05, 4.69) is 17.1 Å². The molecule has 4 bridgehead atoms. The molecule has 7 heteroatoms. The van der Waals surface area contributed by atoms with Crippen LogP contribution in [0.2, 0.25) is 0 Å². The Labute approximate surface area is 189 Å². The Kier molecular flexibility index (Phi) is 5.59. The monoisotopic (exact) mass is 445 g/mol. The second kappa shape index (κ2) is 7.82. The van der Waals surface area contributed by atoms with Crippen molar-refractivity contribution in [3.8, 4) is 5.75 Å². The first-order valence-electron chi connectivity index (χ1n) is 11.3. The smallest absolute Gasteiger partial charge is 0.267 e. The topological polar surface area (TPSA) is 74.6 Å². The lowest BCUT2D eigenvalue weighted by molar-refractivity contribution is -0.0772. The number of hydrogen-bond acceptors (Lipinski definition) is 4. The maximum Gasteiger partial charge on any atom is 0.267 e.